The minimum atomic E-state index is -0.158. The van der Waals surface area contributed by atoms with Crippen LogP contribution in [0.4, 0.5) is 0 Å². The van der Waals surface area contributed by atoms with Crippen molar-refractivity contribution in [2.75, 3.05) is 19.6 Å². The standard InChI is InChI=1S/C21H29N3O2/c25-19(23-21(11-4-12-21)17-5-2-1-3-6-17)15-24-13-9-18(10-14-24)22-20(26)16-7-8-16/h1-3,5-6,16,18H,4,7-15H2,(H,22,26)(H,23,25). The van der Waals surface area contributed by atoms with Gasteiger partial charge in [0.15, 0.2) is 0 Å². The SMILES string of the molecule is O=C(CN1CCC(NC(=O)C2CC2)CC1)NC1(c2ccccc2)CCC1. The van der Waals surface area contributed by atoms with Gasteiger partial charge in [-0.25, -0.2) is 0 Å². The van der Waals surface area contributed by atoms with Crippen molar-refractivity contribution in [2.45, 2.75) is 56.5 Å². The molecule has 4 rings (SSSR count). The molecule has 0 spiro atoms. The fourth-order valence-corrected chi connectivity index (χ4v) is 4.18. The summed E-state index contributed by atoms with van der Waals surface area (Å²) in [5.74, 6) is 0.625. The predicted octanol–water partition coefficient (Wildman–Crippen LogP) is 2.17. The van der Waals surface area contributed by atoms with Crippen LogP contribution in [0.1, 0.15) is 50.5 Å². The second-order valence-electron chi connectivity index (χ2n) is 8.18. The van der Waals surface area contributed by atoms with Crippen LogP contribution in [-0.2, 0) is 15.1 Å². The highest BCUT2D eigenvalue weighted by atomic mass is 16.2. The number of amides is 2. The van der Waals surface area contributed by atoms with Gasteiger partial charge in [-0.05, 0) is 50.5 Å². The van der Waals surface area contributed by atoms with Crippen LogP contribution in [0.5, 0.6) is 0 Å². The summed E-state index contributed by atoms with van der Waals surface area (Å²) in [5, 5.41) is 6.48. The average molecular weight is 355 g/mol. The summed E-state index contributed by atoms with van der Waals surface area (Å²) in [6.45, 7) is 2.21. The summed E-state index contributed by atoms with van der Waals surface area (Å²) < 4.78 is 0. The van der Waals surface area contributed by atoms with E-state index < -0.39 is 0 Å². The average Bonchev–Trinajstić information content (AvgIpc) is 3.46. The minimum Gasteiger partial charge on any atom is -0.353 e. The molecule has 0 bridgehead atoms. The zero-order valence-electron chi connectivity index (χ0n) is 15.4. The Labute approximate surface area is 155 Å². The topological polar surface area (TPSA) is 61.4 Å². The summed E-state index contributed by atoms with van der Waals surface area (Å²) in [4.78, 5) is 26.7. The van der Waals surface area contributed by atoms with Gasteiger partial charge in [0.25, 0.3) is 0 Å². The lowest BCUT2D eigenvalue weighted by Crippen LogP contribution is -2.54. The number of nitrogens with one attached hydrogen (secondary N) is 2. The number of carbonyl (C=O) groups excluding carboxylic acids is 2. The van der Waals surface area contributed by atoms with E-state index in [2.05, 4.69) is 27.7 Å². The van der Waals surface area contributed by atoms with Gasteiger partial charge in [-0.2, -0.15) is 0 Å². The van der Waals surface area contributed by atoms with Crippen LogP contribution < -0.4 is 10.6 Å². The van der Waals surface area contributed by atoms with Crippen molar-refractivity contribution in [3.63, 3.8) is 0 Å². The van der Waals surface area contributed by atoms with Gasteiger partial charge in [0.05, 0.1) is 12.1 Å². The van der Waals surface area contributed by atoms with Crippen molar-refractivity contribution in [1.82, 2.24) is 15.5 Å². The smallest absolute Gasteiger partial charge is 0.234 e. The Hall–Kier alpha value is -1.88. The number of rotatable bonds is 6. The molecular weight excluding hydrogens is 326 g/mol. The summed E-state index contributed by atoms with van der Waals surface area (Å²) in [6, 6.07) is 10.6. The highest BCUT2D eigenvalue weighted by Gasteiger charge is 2.40. The van der Waals surface area contributed by atoms with Crippen LogP contribution in [-0.4, -0.2) is 42.4 Å². The van der Waals surface area contributed by atoms with Crippen LogP contribution in [0.3, 0.4) is 0 Å². The van der Waals surface area contributed by atoms with E-state index >= 15 is 0 Å². The molecule has 1 aliphatic heterocycles. The molecule has 2 amide bonds. The second-order valence-corrected chi connectivity index (χ2v) is 8.18. The normalized spacial score (nSPS) is 23.1. The van der Waals surface area contributed by atoms with Gasteiger partial charge in [0, 0.05) is 25.0 Å². The fourth-order valence-electron chi connectivity index (χ4n) is 4.18. The molecule has 1 heterocycles. The molecule has 2 N–H and O–H groups in total. The number of carbonyl (C=O) groups is 2. The Morgan fingerprint density at radius 2 is 1.73 bits per heavy atom. The molecule has 0 atom stereocenters. The first-order valence-electron chi connectivity index (χ1n) is 10.0. The molecule has 3 fully saturated rings. The molecule has 26 heavy (non-hydrogen) atoms. The largest absolute Gasteiger partial charge is 0.353 e. The first-order chi connectivity index (χ1) is 12.6. The lowest BCUT2D eigenvalue weighted by molar-refractivity contribution is -0.126. The van der Waals surface area contributed by atoms with E-state index in [0.29, 0.717) is 6.54 Å². The van der Waals surface area contributed by atoms with Crippen molar-refractivity contribution in [2.24, 2.45) is 5.92 Å². The van der Waals surface area contributed by atoms with E-state index in [4.69, 9.17) is 0 Å². The molecule has 0 radical (unpaired) electrons. The number of likely N-dealkylation sites (tertiary alicyclic amines) is 1. The Bertz CT molecular complexity index is 644. The Morgan fingerprint density at radius 3 is 2.31 bits per heavy atom. The van der Waals surface area contributed by atoms with E-state index in [1.807, 2.05) is 18.2 Å². The van der Waals surface area contributed by atoms with Gasteiger partial charge in [-0.15, -0.1) is 0 Å². The molecule has 0 unspecified atom stereocenters. The number of hydrogen-bond donors (Lipinski definition) is 2. The third kappa shape index (κ3) is 3.93. The maximum atomic E-state index is 12.6. The third-order valence-electron chi connectivity index (χ3n) is 6.16. The van der Waals surface area contributed by atoms with Crippen LogP contribution >= 0.6 is 0 Å². The zero-order chi connectivity index (χ0) is 18.0. The van der Waals surface area contributed by atoms with Crippen LogP contribution in [0.15, 0.2) is 30.3 Å². The molecule has 140 valence electrons. The highest BCUT2D eigenvalue weighted by Crippen LogP contribution is 2.41. The molecule has 5 nitrogen and oxygen atoms in total. The van der Waals surface area contributed by atoms with Crippen molar-refractivity contribution in [1.29, 1.82) is 0 Å². The molecule has 1 aromatic carbocycles. The summed E-state index contributed by atoms with van der Waals surface area (Å²) in [6.07, 6.45) is 7.20. The van der Waals surface area contributed by atoms with Gasteiger partial charge in [-0.1, -0.05) is 30.3 Å². The number of hydrogen-bond acceptors (Lipinski definition) is 3. The fraction of sp³-hybridized carbons (Fsp3) is 0.619. The Kier molecular flexibility index (Phi) is 4.98. The molecule has 1 aromatic rings. The van der Waals surface area contributed by atoms with Gasteiger partial charge >= 0.3 is 0 Å². The Morgan fingerprint density at radius 1 is 1.04 bits per heavy atom. The molecule has 0 aromatic heterocycles. The summed E-state index contributed by atoms with van der Waals surface area (Å²) >= 11 is 0. The molecule has 2 saturated carbocycles. The van der Waals surface area contributed by atoms with E-state index in [1.54, 1.807) is 0 Å². The highest BCUT2D eigenvalue weighted by molar-refractivity contribution is 5.81. The lowest BCUT2D eigenvalue weighted by atomic mass is 9.72. The second kappa shape index (κ2) is 7.39. The quantitative estimate of drug-likeness (QED) is 0.822. The Balaban J connectivity index is 1.24. The first kappa shape index (κ1) is 17.5. The predicted molar refractivity (Wildman–Crippen MR) is 100 cm³/mol. The molecule has 5 heteroatoms. The van der Waals surface area contributed by atoms with Crippen molar-refractivity contribution >= 4 is 11.8 Å². The molecule has 1 saturated heterocycles. The number of benzene rings is 1. The van der Waals surface area contributed by atoms with Gasteiger partial charge in [0.2, 0.25) is 11.8 Å². The van der Waals surface area contributed by atoms with Crippen LogP contribution in [0.2, 0.25) is 0 Å². The monoisotopic (exact) mass is 355 g/mol. The number of nitrogens with zero attached hydrogens (tertiary/aromatic N) is 1. The summed E-state index contributed by atoms with van der Waals surface area (Å²) in [7, 11) is 0. The molecule has 3 aliphatic rings. The number of piperidine rings is 1. The van der Waals surface area contributed by atoms with Crippen LogP contribution in [0, 0.1) is 5.92 Å². The van der Waals surface area contributed by atoms with Crippen molar-refractivity contribution in [3.8, 4) is 0 Å². The van der Waals surface area contributed by atoms with Gasteiger partial charge in [-0.3, -0.25) is 14.5 Å². The maximum Gasteiger partial charge on any atom is 0.234 e. The molecular formula is C21H29N3O2. The van der Waals surface area contributed by atoms with Crippen molar-refractivity contribution < 1.29 is 9.59 Å². The zero-order valence-corrected chi connectivity index (χ0v) is 15.4. The van der Waals surface area contributed by atoms with E-state index in [0.717, 1.165) is 51.6 Å². The van der Waals surface area contributed by atoms with Crippen LogP contribution in [0.25, 0.3) is 0 Å². The van der Waals surface area contributed by atoms with Gasteiger partial charge < -0.3 is 10.6 Å². The first-order valence-corrected chi connectivity index (χ1v) is 10.0. The van der Waals surface area contributed by atoms with E-state index in [9.17, 15) is 9.59 Å². The summed E-state index contributed by atoms with van der Waals surface area (Å²) in [5.41, 5.74) is 1.07. The van der Waals surface area contributed by atoms with E-state index in [1.165, 1.54) is 12.0 Å². The lowest BCUT2D eigenvalue weighted by Gasteiger charge is -2.43. The van der Waals surface area contributed by atoms with E-state index in [-0.39, 0.29) is 29.3 Å². The van der Waals surface area contributed by atoms with Gasteiger partial charge in [0.1, 0.15) is 0 Å². The maximum absolute atomic E-state index is 12.6. The third-order valence-corrected chi connectivity index (χ3v) is 6.16. The minimum absolute atomic E-state index is 0.119. The van der Waals surface area contributed by atoms with Crippen molar-refractivity contribution in [3.05, 3.63) is 35.9 Å². The molecule has 2 aliphatic carbocycles.